The average Bonchev–Trinajstić information content (AvgIpc) is 2.87. The number of rotatable bonds is 3. The summed E-state index contributed by atoms with van der Waals surface area (Å²) in [7, 11) is 1.52. The second-order valence-corrected chi connectivity index (χ2v) is 4.69. The van der Waals surface area contributed by atoms with Crippen molar-refractivity contribution in [3.05, 3.63) is 35.7 Å². The Morgan fingerprint density at radius 1 is 1.25 bits per heavy atom. The summed E-state index contributed by atoms with van der Waals surface area (Å²) >= 11 is 0. The Bertz CT molecular complexity index is 602. The zero-order valence-electron chi connectivity index (χ0n) is 11.4. The number of nitrogens with zero attached hydrogens (tertiary/aromatic N) is 3. The molecule has 0 bridgehead atoms. The number of anilines is 1. The number of pyridine rings is 1. The van der Waals surface area contributed by atoms with E-state index in [0.717, 1.165) is 17.8 Å². The first-order valence-corrected chi connectivity index (χ1v) is 6.14. The zero-order valence-corrected chi connectivity index (χ0v) is 11.4. The van der Waals surface area contributed by atoms with Crippen LogP contribution >= 0.6 is 0 Å². The van der Waals surface area contributed by atoms with Gasteiger partial charge in [0.1, 0.15) is 5.82 Å². The first-order valence-electron chi connectivity index (χ1n) is 6.14. The van der Waals surface area contributed by atoms with Gasteiger partial charge in [-0.05, 0) is 24.1 Å². The van der Waals surface area contributed by atoms with E-state index in [1.54, 1.807) is 12.3 Å². The van der Waals surface area contributed by atoms with Gasteiger partial charge in [-0.15, -0.1) is 0 Å². The molecule has 0 aromatic carbocycles. The third-order valence-electron chi connectivity index (χ3n) is 2.83. The molecule has 0 unspecified atom stereocenters. The number of hydrogen-bond donors (Lipinski definition) is 1. The van der Waals surface area contributed by atoms with Gasteiger partial charge in [0.25, 0.3) is 0 Å². The minimum atomic E-state index is -4.42. The summed E-state index contributed by atoms with van der Waals surface area (Å²) in [6.07, 6.45) is -2.81. The van der Waals surface area contributed by atoms with Crippen LogP contribution in [0.15, 0.2) is 24.4 Å². The predicted octanol–water partition coefficient (Wildman–Crippen LogP) is 3.45. The molecule has 7 heteroatoms. The number of hydrogen-bond acceptors (Lipinski definition) is 3. The largest absolute Gasteiger partial charge is 0.416 e. The van der Waals surface area contributed by atoms with Crippen LogP contribution in [0.1, 0.15) is 31.0 Å². The molecule has 2 rings (SSSR count). The van der Waals surface area contributed by atoms with Crippen molar-refractivity contribution in [3.8, 4) is 5.82 Å². The van der Waals surface area contributed by atoms with Crippen molar-refractivity contribution in [1.29, 1.82) is 0 Å². The van der Waals surface area contributed by atoms with Gasteiger partial charge in [0.05, 0.1) is 11.3 Å². The van der Waals surface area contributed by atoms with Crippen molar-refractivity contribution >= 4 is 5.82 Å². The van der Waals surface area contributed by atoms with E-state index in [2.05, 4.69) is 15.4 Å². The summed E-state index contributed by atoms with van der Waals surface area (Å²) in [5, 5.41) is 6.86. The highest BCUT2D eigenvalue weighted by Gasteiger charge is 2.31. The van der Waals surface area contributed by atoms with Crippen LogP contribution in [0.4, 0.5) is 19.0 Å². The van der Waals surface area contributed by atoms with Crippen molar-refractivity contribution in [3.63, 3.8) is 0 Å². The lowest BCUT2D eigenvalue weighted by molar-refractivity contribution is -0.137. The number of alkyl halides is 3. The lowest BCUT2D eigenvalue weighted by Crippen LogP contribution is -2.10. The van der Waals surface area contributed by atoms with Gasteiger partial charge >= 0.3 is 6.18 Å². The molecule has 2 heterocycles. The lowest BCUT2D eigenvalue weighted by atomic mass is 10.1. The van der Waals surface area contributed by atoms with Crippen LogP contribution in [0.5, 0.6) is 0 Å². The molecular weight excluding hydrogens is 269 g/mol. The van der Waals surface area contributed by atoms with Gasteiger partial charge < -0.3 is 5.32 Å². The molecule has 2 aromatic heterocycles. The minimum Gasteiger partial charge on any atom is -0.373 e. The topological polar surface area (TPSA) is 42.7 Å². The molecule has 0 amide bonds. The Hall–Kier alpha value is -2.05. The first kappa shape index (κ1) is 14.4. The molecule has 0 radical (unpaired) electrons. The third kappa shape index (κ3) is 2.92. The van der Waals surface area contributed by atoms with E-state index < -0.39 is 11.7 Å². The average molecular weight is 284 g/mol. The molecule has 1 N–H and O–H groups in total. The number of aromatic nitrogens is 3. The summed E-state index contributed by atoms with van der Waals surface area (Å²) < 4.78 is 39.9. The second kappa shape index (κ2) is 5.15. The quantitative estimate of drug-likeness (QED) is 0.938. The van der Waals surface area contributed by atoms with E-state index in [0.29, 0.717) is 0 Å². The molecule has 0 saturated heterocycles. The fraction of sp³-hybridized carbons (Fsp3) is 0.385. The molecule has 4 nitrogen and oxygen atoms in total. The molecule has 0 atom stereocenters. The summed E-state index contributed by atoms with van der Waals surface area (Å²) in [6.45, 7) is 3.93. The van der Waals surface area contributed by atoms with Crippen LogP contribution in [0.25, 0.3) is 5.82 Å². The predicted molar refractivity (Wildman–Crippen MR) is 70.0 cm³/mol. The van der Waals surface area contributed by atoms with E-state index in [-0.39, 0.29) is 17.6 Å². The first-order chi connectivity index (χ1) is 9.31. The van der Waals surface area contributed by atoms with Crippen molar-refractivity contribution < 1.29 is 13.2 Å². The SMILES string of the molecule is CNc1cc(C(F)(F)F)cc(-n2ccc(C(C)C)n2)n1. The maximum Gasteiger partial charge on any atom is 0.416 e. The van der Waals surface area contributed by atoms with E-state index in [1.165, 1.54) is 11.7 Å². The minimum absolute atomic E-state index is 0.135. The van der Waals surface area contributed by atoms with Gasteiger partial charge in [-0.25, -0.2) is 9.67 Å². The van der Waals surface area contributed by atoms with Crippen LogP contribution in [0, 0.1) is 0 Å². The molecule has 0 aliphatic rings. The molecule has 0 aliphatic heterocycles. The maximum absolute atomic E-state index is 12.8. The zero-order chi connectivity index (χ0) is 14.9. The molecular formula is C13H15F3N4. The summed E-state index contributed by atoms with van der Waals surface area (Å²) in [6, 6.07) is 3.72. The molecule has 0 fully saturated rings. The molecule has 2 aromatic rings. The Kier molecular flexibility index (Phi) is 3.69. The van der Waals surface area contributed by atoms with E-state index in [4.69, 9.17) is 0 Å². The van der Waals surface area contributed by atoms with Crippen LogP contribution in [-0.2, 0) is 6.18 Å². The standard InChI is InChI=1S/C13H15F3N4/c1-8(2)10-4-5-20(19-10)12-7-9(13(14,15)16)6-11(17-3)18-12/h4-8H,1-3H3,(H,17,18). The van der Waals surface area contributed by atoms with Crippen molar-refractivity contribution in [2.24, 2.45) is 0 Å². The molecule has 0 saturated carbocycles. The third-order valence-corrected chi connectivity index (χ3v) is 2.83. The van der Waals surface area contributed by atoms with E-state index in [9.17, 15) is 13.2 Å². The fourth-order valence-corrected chi connectivity index (χ4v) is 1.70. The van der Waals surface area contributed by atoms with Gasteiger partial charge in [0, 0.05) is 13.2 Å². The van der Waals surface area contributed by atoms with Crippen molar-refractivity contribution in [1.82, 2.24) is 14.8 Å². The summed E-state index contributed by atoms with van der Waals surface area (Å²) in [5.74, 6) is 0.485. The van der Waals surface area contributed by atoms with Crippen LogP contribution in [-0.4, -0.2) is 21.8 Å². The Morgan fingerprint density at radius 3 is 2.45 bits per heavy atom. The van der Waals surface area contributed by atoms with Crippen LogP contribution in [0.2, 0.25) is 0 Å². The van der Waals surface area contributed by atoms with E-state index in [1.807, 2.05) is 13.8 Å². The Morgan fingerprint density at radius 2 is 1.95 bits per heavy atom. The summed E-state index contributed by atoms with van der Waals surface area (Å²) in [5.41, 5.74) is 0.0451. The van der Waals surface area contributed by atoms with Gasteiger partial charge in [0.15, 0.2) is 5.82 Å². The lowest BCUT2D eigenvalue weighted by Gasteiger charge is -2.11. The highest BCUT2D eigenvalue weighted by Crippen LogP contribution is 2.31. The molecule has 20 heavy (non-hydrogen) atoms. The van der Waals surface area contributed by atoms with E-state index >= 15 is 0 Å². The Labute approximate surface area is 114 Å². The van der Waals surface area contributed by atoms with Gasteiger partial charge in [-0.3, -0.25) is 0 Å². The van der Waals surface area contributed by atoms with Crippen LogP contribution in [0.3, 0.4) is 0 Å². The summed E-state index contributed by atoms with van der Waals surface area (Å²) in [4.78, 5) is 4.10. The molecule has 0 spiro atoms. The van der Waals surface area contributed by atoms with Gasteiger partial charge in [-0.2, -0.15) is 18.3 Å². The molecule has 0 aliphatic carbocycles. The van der Waals surface area contributed by atoms with Gasteiger partial charge in [0.2, 0.25) is 0 Å². The maximum atomic E-state index is 12.8. The van der Waals surface area contributed by atoms with Crippen molar-refractivity contribution in [2.75, 3.05) is 12.4 Å². The number of nitrogens with one attached hydrogen (secondary N) is 1. The van der Waals surface area contributed by atoms with Crippen LogP contribution < -0.4 is 5.32 Å². The monoisotopic (exact) mass is 284 g/mol. The Balaban J connectivity index is 2.49. The fourth-order valence-electron chi connectivity index (χ4n) is 1.70. The van der Waals surface area contributed by atoms with Gasteiger partial charge in [-0.1, -0.05) is 13.8 Å². The normalized spacial score (nSPS) is 11.9. The highest BCUT2D eigenvalue weighted by molar-refractivity contribution is 5.44. The van der Waals surface area contributed by atoms with Crippen molar-refractivity contribution in [2.45, 2.75) is 25.9 Å². The molecule has 108 valence electrons. The smallest absolute Gasteiger partial charge is 0.373 e. The number of halogens is 3. The highest BCUT2D eigenvalue weighted by atomic mass is 19.4. The second-order valence-electron chi connectivity index (χ2n) is 4.69.